The van der Waals surface area contributed by atoms with E-state index in [9.17, 15) is 28.8 Å². The molecule has 12 heteroatoms. The predicted octanol–water partition coefficient (Wildman–Crippen LogP) is 9.03. The molecule has 3 rings (SSSR count). The van der Waals surface area contributed by atoms with Crippen LogP contribution in [0.3, 0.4) is 0 Å². The SMILES string of the molecule is C=C(C)C(=O)Oc1ccc(/C=C/c2c(C)c(OC(=O)C(=C)C)c(-c3ccc(OC(=O)C(=C)C)c(OC(=O)C(=C)C)c3)c(C)c2OC(=O)C(=C)C)cc1OC(=O)C(=C)C. The van der Waals surface area contributed by atoms with Crippen molar-refractivity contribution in [2.75, 3.05) is 0 Å². The number of hydrogen-bond acceptors (Lipinski definition) is 12. The summed E-state index contributed by atoms with van der Waals surface area (Å²) in [7, 11) is 0. The van der Waals surface area contributed by atoms with Gasteiger partial charge >= 0.3 is 35.8 Å². The first kappa shape index (κ1) is 45.1. The van der Waals surface area contributed by atoms with E-state index in [-0.39, 0.29) is 90.2 Å². The van der Waals surface area contributed by atoms with E-state index in [4.69, 9.17) is 28.4 Å². The molecular weight excluding hydrogens is 744 g/mol. The monoisotopic (exact) mass is 788 g/mol. The van der Waals surface area contributed by atoms with Gasteiger partial charge in [0.1, 0.15) is 11.5 Å². The minimum Gasteiger partial charge on any atom is -0.422 e. The second-order valence-corrected chi connectivity index (χ2v) is 13.4. The van der Waals surface area contributed by atoms with Crippen LogP contribution in [0.2, 0.25) is 0 Å². The Hall–Kier alpha value is -7.34. The molecule has 0 aliphatic rings. The van der Waals surface area contributed by atoms with Crippen LogP contribution >= 0.6 is 0 Å². The molecule has 0 atom stereocenters. The van der Waals surface area contributed by atoms with Gasteiger partial charge in [0.15, 0.2) is 23.0 Å². The van der Waals surface area contributed by atoms with Crippen molar-refractivity contribution in [1.29, 1.82) is 0 Å². The van der Waals surface area contributed by atoms with Crippen LogP contribution in [0.4, 0.5) is 0 Å². The maximum atomic E-state index is 13.2. The summed E-state index contributed by atoms with van der Waals surface area (Å²) in [4.78, 5) is 76.4. The largest absolute Gasteiger partial charge is 0.422 e. The average molecular weight is 789 g/mol. The Morgan fingerprint density at radius 1 is 0.431 bits per heavy atom. The van der Waals surface area contributed by atoms with Crippen LogP contribution in [0.1, 0.15) is 63.8 Å². The van der Waals surface area contributed by atoms with Gasteiger partial charge in [-0.25, -0.2) is 28.8 Å². The van der Waals surface area contributed by atoms with Crippen molar-refractivity contribution >= 4 is 48.0 Å². The summed E-state index contributed by atoms with van der Waals surface area (Å²) in [6.45, 7) is 33.7. The summed E-state index contributed by atoms with van der Waals surface area (Å²) in [6.07, 6.45) is 3.16. The van der Waals surface area contributed by atoms with E-state index < -0.39 is 35.8 Å². The van der Waals surface area contributed by atoms with Crippen molar-refractivity contribution in [3.05, 3.63) is 132 Å². The van der Waals surface area contributed by atoms with E-state index in [0.29, 0.717) is 11.1 Å². The highest BCUT2D eigenvalue weighted by atomic mass is 16.6. The van der Waals surface area contributed by atoms with Gasteiger partial charge in [-0.3, -0.25) is 0 Å². The third-order valence-corrected chi connectivity index (χ3v) is 7.87. The van der Waals surface area contributed by atoms with Gasteiger partial charge in [-0.05, 0) is 90.8 Å². The minimum absolute atomic E-state index is 0.0160. The molecule has 0 unspecified atom stereocenters. The van der Waals surface area contributed by atoms with Crippen molar-refractivity contribution in [1.82, 2.24) is 0 Å². The van der Waals surface area contributed by atoms with Crippen molar-refractivity contribution in [2.24, 2.45) is 0 Å². The van der Waals surface area contributed by atoms with Gasteiger partial charge < -0.3 is 28.4 Å². The fourth-order valence-electron chi connectivity index (χ4n) is 4.68. The highest BCUT2D eigenvalue weighted by molar-refractivity contribution is 5.97. The van der Waals surface area contributed by atoms with Crippen LogP contribution in [0.5, 0.6) is 34.5 Å². The van der Waals surface area contributed by atoms with Gasteiger partial charge in [-0.15, -0.1) is 0 Å². The first-order valence-electron chi connectivity index (χ1n) is 17.4. The molecule has 0 radical (unpaired) electrons. The molecular formula is C46H44O12. The number of hydrogen-bond donors (Lipinski definition) is 0. The Labute approximate surface area is 337 Å². The standard InChI is InChI=1S/C46H44O12/c1-23(2)41(47)53-34-19-16-31(21-36(34)55-43(49)25(5)6)15-18-33-29(13)40(58-46(52)28(11)12)38(30(14)39(33)57-45(51)27(9)10)32-17-20-35(54-42(48)24(3)4)37(22-32)56-44(50)26(7)8/h15-22H,1,3,5,7,9,11H2,2,4,6,8,10,12-14H3/b18-15+. The van der Waals surface area contributed by atoms with Crippen LogP contribution in [-0.4, -0.2) is 35.8 Å². The fraction of sp³-hybridized carbons (Fsp3) is 0.174. The van der Waals surface area contributed by atoms with Crippen LogP contribution in [-0.2, 0) is 28.8 Å². The molecule has 300 valence electrons. The summed E-state index contributed by atoms with van der Waals surface area (Å²) in [5, 5.41) is 0. The molecule has 0 fully saturated rings. The molecule has 0 spiro atoms. The number of ether oxygens (including phenoxy) is 6. The van der Waals surface area contributed by atoms with Gasteiger partial charge in [0.05, 0.1) is 0 Å². The molecule has 0 saturated heterocycles. The number of carbonyl (C=O) groups is 6. The zero-order valence-electron chi connectivity index (χ0n) is 33.8. The zero-order chi connectivity index (χ0) is 43.8. The van der Waals surface area contributed by atoms with Crippen molar-refractivity contribution < 1.29 is 57.2 Å². The van der Waals surface area contributed by atoms with Crippen LogP contribution in [0.25, 0.3) is 23.3 Å². The van der Waals surface area contributed by atoms with Gasteiger partial charge in [-0.2, -0.15) is 0 Å². The normalized spacial score (nSPS) is 10.5. The Bertz CT molecular complexity index is 2380. The van der Waals surface area contributed by atoms with E-state index in [1.165, 1.54) is 71.9 Å². The third kappa shape index (κ3) is 11.1. The van der Waals surface area contributed by atoms with Crippen LogP contribution in [0.15, 0.2) is 109 Å². The molecule has 0 amide bonds. The molecule has 0 aromatic heterocycles. The maximum absolute atomic E-state index is 13.2. The first-order chi connectivity index (χ1) is 27.0. The fourth-order valence-corrected chi connectivity index (χ4v) is 4.68. The molecule has 0 aliphatic carbocycles. The smallest absolute Gasteiger partial charge is 0.338 e. The van der Waals surface area contributed by atoms with Crippen molar-refractivity contribution in [3.63, 3.8) is 0 Å². The summed E-state index contributed by atoms with van der Waals surface area (Å²) >= 11 is 0. The molecule has 0 heterocycles. The molecule has 3 aromatic carbocycles. The van der Waals surface area contributed by atoms with E-state index in [1.807, 2.05) is 0 Å². The van der Waals surface area contributed by atoms with Crippen LogP contribution < -0.4 is 28.4 Å². The third-order valence-electron chi connectivity index (χ3n) is 7.87. The van der Waals surface area contributed by atoms with E-state index in [0.717, 1.165) is 0 Å². The average Bonchev–Trinajstić information content (AvgIpc) is 3.14. The topological polar surface area (TPSA) is 158 Å². The minimum atomic E-state index is -0.817. The molecule has 0 aliphatic heterocycles. The number of esters is 6. The van der Waals surface area contributed by atoms with Gasteiger partial charge in [0.25, 0.3) is 0 Å². The highest BCUT2D eigenvalue weighted by Gasteiger charge is 2.27. The highest BCUT2D eigenvalue weighted by Crippen LogP contribution is 2.47. The molecule has 0 bridgehead atoms. The van der Waals surface area contributed by atoms with Gasteiger partial charge in [-0.1, -0.05) is 63.8 Å². The molecule has 3 aromatic rings. The number of benzene rings is 3. The summed E-state index contributed by atoms with van der Waals surface area (Å²) in [5.74, 6) is -5.08. The molecule has 58 heavy (non-hydrogen) atoms. The summed E-state index contributed by atoms with van der Waals surface area (Å²) in [5.41, 5.74) is 2.31. The zero-order valence-corrected chi connectivity index (χ0v) is 33.8. The summed E-state index contributed by atoms with van der Waals surface area (Å²) in [6, 6.07) is 8.71. The van der Waals surface area contributed by atoms with Gasteiger partial charge in [0.2, 0.25) is 0 Å². The number of rotatable bonds is 15. The van der Waals surface area contributed by atoms with E-state index >= 15 is 0 Å². The van der Waals surface area contributed by atoms with Gasteiger partial charge in [0, 0.05) is 55.7 Å². The Morgan fingerprint density at radius 2 is 0.793 bits per heavy atom. The van der Waals surface area contributed by atoms with E-state index in [2.05, 4.69) is 39.5 Å². The van der Waals surface area contributed by atoms with E-state index in [1.54, 1.807) is 32.1 Å². The molecule has 0 saturated carbocycles. The Morgan fingerprint density at radius 3 is 1.22 bits per heavy atom. The second-order valence-electron chi connectivity index (χ2n) is 13.4. The Balaban J connectivity index is 2.42. The van der Waals surface area contributed by atoms with Crippen molar-refractivity contribution in [2.45, 2.75) is 55.4 Å². The first-order valence-corrected chi connectivity index (χ1v) is 17.4. The summed E-state index contributed by atoms with van der Waals surface area (Å²) < 4.78 is 33.7. The molecule has 12 nitrogen and oxygen atoms in total. The lowest BCUT2D eigenvalue weighted by molar-refractivity contribution is -0.132. The Kier molecular flexibility index (Phi) is 14.8. The predicted molar refractivity (Wildman–Crippen MR) is 219 cm³/mol. The lowest BCUT2D eigenvalue weighted by Crippen LogP contribution is -2.15. The van der Waals surface area contributed by atoms with Crippen LogP contribution in [0, 0.1) is 13.8 Å². The molecule has 0 N–H and O–H groups in total. The van der Waals surface area contributed by atoms with Crippen molar-refractivity contribution in [3.8, 4) is 45.6 Å². The quantitative estimate of drug-likeness (QED) is 0.0624. The maximum Gasteiger partial charge on any atom is 0.338 e. The lowest BCUT2D eigenvalue weighted by Gasteiger charge is -2.22. The number of carbonyl (C=O) groups excluding carboxylic acids is 6. The second kappa shape index (κ2) is 19.0. The lowest BCUT2D eigenvalue weighted by atomic mass is 9.91.